The third-order valence-electron chi connectivity index (χ3n) is 2.73. The molecule has 0 atom stereocenters. The van der Waals surface area contributed by atoms with Crippen LogP contribution >= 0.6 is 0 Å². The van der Waals surface area contributed by atoms with Crippen molar-refractivity contribution in [1.29, 1.82) is 0 Å². The Morgan fingerprint density at radius 3 is 2.74 bits per heavy atom. The second kappa shape index (κ2) is 5.06. The minimum Gasteiger partial charge on any atom is -0.346 e. The highest BCUT2D eigenvalue weighted by Crippen LogP contribution is 2.20. The molecule has 19 heavy (non-hydrogen) atoms. The van der Waals surface area contributed by atoms with E-state index in [-0.39, 0.29) is 10.9 Å². The van der Waals surface area contributed by atoms with Crippen molar-refractivity contribution in [2.75, 3.05) is 4.72 Å². The summed E-state index contributed by atoms with van der Waals surface area (Å²) < 4.78 is 28.7. The molecule has 104 valence electrons. The summed E-state index contributed by atoms with van der Waals surface area (Å²) in [4.78, 5) is 0.197. The standard InChI is InChI=1S/C11H17N5O2S/c1-8(2)16-7-11(3-10(16)4-12)19(17,18)15-9-5-13-14-6-9/h3,5-8,15H,4,12H2,1-2H3,(H,13,14). The molecular weight excluding hydrogens is 266 g/mol. The molecule has 0 aliphatic rings. The van der Waals surface area contributed by atoms with E-state index in [0.29, 0.717) is 12.2 Å². The second-order valence-electron chi connectivity index (χ2n) is 4.46. The van der Waals surface area contributed by atoms with Crippen LogP contribution in [0.2, 0.25) is 0 Å². The van der Waals surface area contributed by atoms with E-state index in [2.05, 4.69) is 14.9 Å². The fraction of sp³-hybridized carbons (Fsp3) is 0.364. The quantitative estimate of drug-likeness (QED) is 0.762. The zero-order valence-corrected chi connectivity index (χ0v) is 11.6. The second-order valence-corrected chi connectivity index (χ2v) is 6.15. The number of hydrogen-bond acceptors (Lipinski definition) is 4. The molecule has 0 fully saturated rings. The van der Waals surface area contributed by atoms with E-state index in [0.717, 1.165) is 5.69 Å². The number of nitrogens with zero attached hydrogens (tertiary/aromatic N) is 2. The maximum Gasteiger partial charge on any atom is 0.263 e. The lowest BCUT2D eigenvalue weighted by atomic mass is 10.3. The highest BCUT2D eigenvalue weighted by atomic mass is 32.2. The van der Waals surface area contributed by atoms with Gasteiger partial charge in [-0.2, -0.15) is 5.10 Å². The third kappa shape index (κ3) is 2.79. The Balaban J connectivity index is 2.35. The van der Waals surface area contributed by atoms with Gasteiger partial charge < -0.3 is 10.3 Å². The lowest BCUT2D eigenvalue weighted by Crippen LogP contribution is -2.11. The van der Waals surface area contributed by atoms with Crippen LogP contribution in [0.3, 0.4) is 0 Å². The van der Waals surface area contributed by atoms with Crippen LogP contribution in [0.1, 0.15) is 25.6 Å². The number of nitrogens with two attached hydrogens (primary N) is 1. The summed E-state index contributed by atoms with van der Waals surface area (Å²) in [6.07, 6.45) is 4.47. The van der Waals surface area contributed by atoms with Crippen molar-refractivity contribution in [3.8, 4) is 0 Å². The number of aromatic nitrogens is 3. The van der Waals surface area contributed by atoms with Gasteiger partial charge in [0.15, 0.2) is 0 Å². The zero-order valence-electron chi connectivity index (χ0n) is 10.8. The lowest BCUT2D eigenvalue weighted by molar-refractivity contribution is 0.573. The topological polar surface area (TPSA) is 106 Å². The average molecular weight is 283 g/mol. The van der Waals surface area contributed by atoms with Crippen molar-refractivity contribution < 1.29 is 8.42 Å². The summed E-state index contributed by atoms with van der Waals surface area (Å²) in [6.45, 7) is 4.23. The molecule has 0 aliphatic carbocycles. The normalized spacial score (nSPS) is 12.0. The van der Waals surface area contributed by atoms with Gasteiger partial charge in [0.25, 0.3) is 10.0 Å². The van der Waals surface area contributed by atoms with E-state index in [9.17, 15) is 8.42 Å². The Kier molecular flexibility index (Phi) is 3.63. The van der Waals surface area contributed by atoms with Crippen LogP contribution in [-0.4, -0.2) is 23.2 Å². The van der Waals surface area contributed by atoms with E-state index < -0.39 is 10.0 Å². The summed E-state index contributed by atoms with van der Waals surface area (Å²) in [5.41, 5.74) is 6.81. The summed E-state index contributed by atoms with van der Waals surface area (Å²) in [6, 6.07) is 1.74. The largest absolute Gasteiger partial charge is 0.346 e. The molecule has 2 aromatic rings. The van der Waals surface area contributed by atoms with Gasteiger partial charge in [-0.3, -0.25) is 9.82 Å². The Bertz CT molecular complexity index is 643. The first-order chi connectivity index (χ1) is 8.94. The van der Waals surface area contributed by atoms with Gasteiger partial charge in [0.2, 0.25) is 0 Å². The van der Waals surface area contributed by atoms with Crippen LogP contribution in [0.4, 0.5) is 5.69 Å². The smallest absolute Gasteiger partial charge is 0.263 e. The number of anilines is 1. The van der Waals surface area contributed by atoms with E-state index >= 15 is 0 Å². The van der Waals surface area contributed by atoms with Gasteiger partial charge in [0.1, 0.15) is 4.90 Å². The van der Waals surface area contributed by atoms with E-state index in [4.69, 9.17) is 5.73 Å². The number of nitrogens with one attached hydrogen (secondary N) is 2. The molecule has 2 aromatic heterocycles. The number of sulfonamides is 1. The van der Waals surface area contributed by atoms with Crippen LogP contribution in [0.25, 0.3) is 0 Å². The zero-order chi connectivity index (χ0) is 14.0. The molecule has 0 amide bonds. The minimum absolute atomic E-state index is 0.149. The molecular formula is C11H17N5O2S. The molecule has 0 aliphatic heterocycles. The first kappa shape index (κ1) is 13.6. The monoisotopic (exact) mass is 283 g/mol. The van der Waals surface area contributed by atoms with Crippen molar-refractivity contribution in [3.63, 3.8) is 0 Å². The Hall–Kier alpha value is -1.80. The van der Waals surface area contributed by atoms with Gasteiger partial charge in [-0.25, -0.2) is 8.42 Å². The summed E-state index contributed by atoms with van der Waals surface area (Å²) in [7, 11) is -3.61. The summed E-state index contributed by atoms with van der Waals surface area (Å²) >= 11 is 0. The molecule has 0 spiro atoms. The number of H-pyrrole nitrogens is 1. The molecule has 0 unspecified atom stereocenters. The van der Waals surface area contributed by atoms with Crippen LogP contribution in [0.5, 0.6) is 0 Å². The fourth-order valence-corrected chi connectivity index (χ4v) is 2.89. The van der Waals surface area contributed by atoms with Gasteiger partial charge in [0.05, 0.1) is 11.9 Å². The van der Waals surface area contributed by atoms with E-state index in [1.807, 2.05) is 18.4 Å². The van der Waals surface area contributed by atoms with Crippen molar-refractivity contribution in [2.24, 2.45) is 5.73 Å². The molecule has 0 saturated heterocycles. The Morgan fingerprint density at radius 1 is 1.53 bits per heavy atom. The highest BCUT2D eigenvalue weighted by Gasteiger charge is 2.19. The van der Waals surface area contributed by atoms with Crippen molar-refractivity contribution in [1.82, 2.24) is 14.8 Å². The SMILES string of the molecule is CC(C)n1cc(S(=O)(=O)Nc2cn[nH]c2)cc1CN. The molecule has 2 rings (SSSR count). The third-order valence-corrected chi connectivity index (χ3v) is 4.08. The Labute approximate surface area is 111 Å². The molecule has 8 heteroatoms. The molecule has 2 heterocycles. The molecule has 0 saturated carbocycles. The lowest BCUT2D eigenvalue weighted by Gasteiger charge is -2.10. The molecule has 4 N–H and O–H groups in total. The van der Waals surface area contributed by atoms with E-state index in [1.165, 1.54) is 12.4 Å². The minimum atomic E-state index is -3.61. The van der Waals surface area contributed by atoms with Crippen molar-refractivity contribution >= 4 is 15.7 Å². The van der Waals surface area contributed by atoms with Gasteiger partial charge in [-0.05, 0) is 19.9 Å². The van der Waals surface area contributed by atoms with Gasteiger partial charge in [-0.1, -0.05) is 0 Å². The average Bonchev–Trinajstić information content (AvgIpc) is 2.95. The van der Waals surface area contributed by atoms with Gasteiger partial charge in [-0.15, -0.1) is 0 Å². The maximum atomic E-state index is 12.2. The van der Waals surface area contributed by atoms with Gasteiger partial charge in [0, 0.05) is 30.7 Å². The maximum absolute atomic E-state index is 12.2. The van der Waals surface area contributed by atoms with Crippen LogP contribution in [0, 0.1) is 0 Å². The van der Waals surface area contributed by atoms with Crippen LogP contribution in [-0.2, 0) is 16.6 Å². The fourth-order valence-electron chi connectivity index (χ4n) is 1.81. The van der Waals surface area contributed by atoms with Crippen molar-refractivity contribution in [3.05, 3.63) is 30.4 Å². The highest BCUT2D eigenvalue weighted by molar-refractivity contribution is 7.92. The van der Waals surface area contributed by atoms with Crippen LogP contribution < -0.4 is 10.5 Å². The van der Waals surface area contributed by atoms with E-state index in [1.54, 1.807) is 12.3 Å². The molecule has 0 aromatic carbocycles. The molecule has 0 radical (unpaired) electrons. The molecule has 7 nitrogen and oxygen atoms in total. The predicted molar refractivity (Wildman–Crippen MR) is 72.1 cm³/mol. The van der Waals surface area contributed by atoms with Gasteiger partial charge >= 0.3 is 0 Å². The molecule has 0 bridgehead atoms. The summed E-state index contributed by atoms with van der Waals surface area (Å²) in [5, 5.41) is 6.24. The number of rotatable bonds is 5. The Morgan fingerprint density at radius 2 is 2.26 bits per heavy atom. The predicted octanol–water partition coefficient (Wildman–Crippen LogP) is 1.05. The summed E-state index contributed by atoms with van der Waals surface area (Å²) in [5.74, 6) is 0. The number of aromatic amines is 1. The van der Waals surface area contributed by atoms with Crippen molar-refractivity contribution in [2.45, 2.75) is 31.3 Å². The first-order valence-corrected chi connectivity index (χ1v) is 7.35. The number of hydrogen-bond donors (Lipinski definition) is 3. The first-order valence-electron chi connectivity index (χ1n) is 5.86. The van der Waals surface area contributed by atoms with Crippen LogP contribution in [0.15, 0.2) is 29.6 Å².